The van der Waals surface area contributed by atoms with Gasteiger partial charge in [0.15, 0.2) is 5.69 Å². The van der Waals surface area contributed by atoms with Crippen LogP contribution in [0, 0.1) is 12.7 Å². The highest BCUT2D eigenvalue weighted by Crippen LogP contribution is 2.15. The van der Waals surface area contributed by atoms with Gasteiger partial charge in [-0.1, -0.05) is 30.3 Å². The van der Waals surface area contributed by atoms with Crippen molar-refractivity contribution in [3.05, 3.63) is 88.1 Å². The van der Waals surface area contributed by atoms with Crippen LogP contribution in [0.2, 0.25) is 0 Å². The quantitative estimate of drug-likeness (QED) is 0.738. The number of carbonyl (C=O) groups excluding carboxylic acids is 1. The van der Waals surface area contributed by atoms with Crippen LogP contribution in [0.5, 0.6) is 0 Å². The minimum absolute atomic E-state index is 0.177. The van der Waals surface area contributed by atoms with E-state index in [1.807, 2.05) is 6.07 Å². The van der Waals surface area contributed by atoms with Crippen molar-refractivity contribution in [2.24, 2.45) is 0 Å². The fourth-order valence-corrected chi connectivity index (χ4v) is 2.49. The van der Waals surface area contributed by atoms with Crippen molar-refractivity contribution in [3.63, 3.8) is 0 Å². The zero-order valence-electron chi connectivity index (χ0n) is 13.8. The molecule has 0 fully saturated rings. The van der Waals surface area contributed by atoms with E-state index < -0.39 is 17.2 Å². The van der Waals surface area contributed by atoms with Crippen molar-refractivity contribution in [1.29, 1.82) is 0 Å². The maximum Gasteiger partial charge on any atom is 0.282 e. The van der Waals surface area contributed by atoms with Gasteiger partial charge in [0.2, 0.25) is 5.43 Å². The van der Waals surface area contributed by atoms with Crippen molar-refractivity contribution < 1.29 is 9.18 Å². The first-order chi connectivity index (χ1) is 12.0. The second-order valence-electron chi connectivity index (χ2n) is 5.56. The fraction of sp³-hybridized carbons (Fsp3) is 0.105. The van der Waals surface area contributed by atoms with Crippen LogP contribution in [0.1, 0.15) is 16.2 Å². The standard InChI is InChI=1S/C19H16FN3O2/c1-13-12-17(24)18(19(25)22(2)14-8-4-3-5-9-14)21-23(13)16-11-7-6-10-15(16)20/h3-12H,1-2H3. The van der Waals surface area contributed by atoms with Crippen molar-refractivity contribution in [2.75, 3.05) is 11.9 Å². The average molecular weight is 337 g/mol. The Kier molecular flexibility index (Phi) is 4.43. The summed E-state index contributed by atoms with van der Waals surface area (Å²) in [4.78, 5) is 26.3. The van der Waals surface area contributed by atoms with Gasteiger partial charge in [0, 0.05) is 24.5 Å². The largest absolute Gasteiger partial charge is 0.310 e. The lowest BCUT2D eigenvalue weighted by molar-refractivity contribution is 0.0985. The topological polar surface area (TPSA) is 55.2 Å². The molecule has 126 valence electrons. The average Bonchev–Trinajstić information content (AvgIpc) is 2.62. The number of nitrogens with zero attached hydrogens (tertiary/aromatic N) is 3. The second-order valence-corrected chi connectivity index (χ2v) is 5.56. The fourth-order valence-electron chi connectivity index (χ4n) is 2.49. The molecular weight excluding hydrogens is 321 g/mol. The number of aryl methyl sites for hydroxylation is 1. The van der Waals surface area contributed by atoms with E-state index in [2.05, 4.69) is 5.10 Å². The molecule has 0 spiro atoms. The van der Waals surface area contributed by atoms with Crippen LogP contribution < -0.4 is 10.3 Å². The van der Waals surface area contributed by atoms with Gasteiger partial charge in [-0.3, -0.25) is 9.59 Å². The maximum absolute atomic E-state index is 14.1. The van der Waals surface area contributed by atoms with Crippen LogP contribution in [-0.4, -0.2) is 22.7 Å². The minimum atomic E-state index is -0.554. The molecule has 5 nitrogen and oxygen atoms in total. The summed E-state index contributed by atoms with van der Waals surface area (Å²) >= 11 is 0. The number of amides is 1. The Labute approximate surface area is 144 Å². The Hall–Kier alpha value is -3.28. The van der Waals surface area contributed by atoms with E-state index in [1.165, 1.54) is 27.8 Å². The number of rotatable bonds is 3. The summed E-state index contributed by atoms with van der Waals surface area (Å²) in [5.74, 6) is -1.04. The molecule has 0 saturated carbocycles. The van der Waals surface area contributed by atoms with Gasteiger partial charge in [0.05, 0.1) is 0 Å². The van der Waals surface area contributed by atoms with E-state index in [0.29, 0.717) is 11.4 Å². The Morgan fingerprint density at radius 3 is 2.40 bits per heavy atom. The van der Waals surface area contributed by atoms with Gasteiger partial charge in [0.25, 0.3) is 5.91 Å². The molecule has 0 unspecified atom stereocenters. The molecular formula is C19H16FN3O2. The predicted molar refractivity (Wildman–Crippen MR) is 93.7 cm³/mol. The van der Waals surface area contributed by atoms with Gasteiger partial charge in [-0.15, -0.1) is 0 Å². The summed E-state index contributed by atoms with van der Waals surface area (Å²) in [6, 6.07) is 16.3. The van der Waals surface area contributed by atoms with Crippen LogP contribution in [0.15, 0.2) is 65.5 Å². The first kappa shape index (κ1) is 16.6. The van der Waals surface area contributed by atoms with Crippen molar-refractivity contribution >= 4 is 11.6 Å². The monoisotopic (exact) mass is 337 g/mol. The Morgan fingerprint density at radius 1 is 1.08 bits per heavy atom. The Balaban J connectivity index is 2.08. The van der Waals surface area contributed by atoms with Gasteiger partial charge in [-0.2, -0.15) is 5.10 Å². The molecule has 0 bridgehead atoms. The summed E-state index contributed by atoms with van der Waals surface area (Å²) in [6.07, 6.45) is 0. The summed E-state index contributed by atoms with van der Waals surface area (Å²) < 4.78 is 15.3. The van der Waals surface area contributed by atoms with Crippen LogP contribution in [0.25, 0.3) is 5.69 Å². The highest BCUT2D eigenvalue weighted by molar-refractivity contribution is 6.04. The van der Waals surface area contributed by atoms with E-state index in [4.69, 9.17) is 0 Å². The molecule has 6 heteroatoms. The van der Waals surface area contributed by atoms with Crippen molar-refractivity contribution in [1.82, 2.24) is 9.78 Å². The predicted octanol–water partition coefficient (Wildman–Crippen LogP) is 2.96. The molecule has 25 heavy (non-hydrogen) atoms. The van der Waals surface area contributed by atoms with Crippen molar-refractivity contribution in [3.8, 4) is 5.69 Å². The smallest absolute Gasteiger partial charge is 0.282 e. The van der Waals surface area contributed by atoms with Crippen LogP contribution in [0.4, 0.5) is 10.1 Å². The number of hydrogen-bond donors (Lipinski definition) is 0. The van der Waals surface area contributed by atoms with E-state index in [9.17, 15) is 14.0 Å². The summed E-state index contributed by atoms with van der Waals surface area (Å²) in [5.41, 5.74) is 0.482. The minimum Gasteiger partial charge on any atom is -0.310 e. The molecule has 3 rings (SSSR count). The van der Waals surface area contributed by atoms with Gasteiger partial charge in [-0.05, 0) is 31.2 Å². The molecule has 0 atom stereocenters. The molecule has 0 radical (unpaired) electrons. The molecule has 1 aromatic heterocycles. The highest BCUT2D eigenvalue weighted by atomic mass is 19.1. The number of para-hydroxylation sites is 2. The molecule has 1 heterocycles. The third kappa shape index (κ3) is 3.19. The molecule has 0 aliphatic carbocycles. The lowest BCUT2D eigenvalue weighted by atomic mass is 10.2. The van der Waals surface area contributed by atoms with Gasteiger partial charge < -0.3 is 4.90 Å². The van der Waals surface area contributed by atoms with Gasteiger partial charge >= 0.3 is 0 Å². The zero-order chi connectivity index (χ0) is 18.0. The molecule has 1 amide bonds. The Morgan fingerprint density at radius 2 is 1.72 bits per heavy atom. The SMILES string of the molecule is Cc1cc(=O)c(C(=O)N(C)c2ccccc2)nn1-c1ccccc1F. The third-order valence-electron chi connectivity index (χ3n) is 3.84. The van der Waals surface area contributed by atoms with Crippen LogP contribution in [0.3, 0.4) is 0 Å². The highest BCUT2D eigenvalue weighted by Gasteiger charge is 2.20. The van der Waals surface area contributed by atoms with Gasteiger partial charge in [0.1, 0.15) is 11.5 Å². The lowest BCUT2D eigenvalue weighted by Gasteiger charge is -2.18. The molecule has 0 aliphatic rings. The first-order valence-corrected chi connectivity index (χ1v) is 7.68. The van der Waals surface area contributed by atoms with E-state index in [-0.39, 0.29) is 11.4 Å². The molecule has 2 aromatic carbocycles. The maximum atomic E-state index is 14.1. The van der Waals surface area contributed by atoms with E-state index in [0.717, 1.165) is 0 Å². The number of anilines is 1. The zero-order valence-corrected chi connectivity index (χ0v) is 13.8. The third-order valence-corrected chi connectivity index (χ3v) is 3.84. The number of benzene rings is 2. The van der Waals surface area contributed by atoms with E-state index in [1.54, 1.807) is 50.4 Å². The van der Waals surface area contributed by atoms with Gasteiger partial charge in [-0.25, -0.2) is 9.07 Å². The summed E-state index contributed by atoms with van der Waals surface area (Å²) in [6.45, 7) is 1.63. The summed E-state index contributed by atoms with van der Waals surface area (Å²) in [7, 11) is 1.56. The molecule has 0 saturated heterocycles. The number of hydrogen-bond acceptors (Lipinski definition) is 3. The van der Waals surface area contributed by atoms with Crippen LogP contribution >= 0.6 is 0 Å². The normalized spacial score (nSPS) is 10.5. The summed E-state index contributed by atoms with van der Waals surface area (Å²) in [5, 5.41) is 4.12. The lowest BCUT2D eigenvalue weighted by Crippen LogP contribution is -2.33. The van der Waals surface area contributed by atoms with Crippen molar-refractivity contribution in [2.45, 2.75) is 6.92 Å². The van der Waals surface area contributed by atoms with E-state index >= 15 is 0 Å². The molecule has 3 aromatic rings. The number of carbonyl (C=O) groups is 1. The van der Waals surface area contributed by atoms with Crippen LogP contribution in [-0.2, 0) is 0 Å². The second kappa shape index (κ2) is 6.68. The Bertz CT molecular complexity index is 983. The first-order valence-electron chi connectivity index (χ1n) is 7.68. The molecule has 0 N–H and O–H groups in total. The number of halogens is 1. The number of aromatic nitrogens is 2. The molecule has 0 aliphatic heterocycles.